The molecule has 1 heterocycles. The van der Waals surface area contributed by atoms with Gasteiger partial charge in [0.1, 0.15) is 0 Å². The van der Waals surface area contributed by atoms with Crippen molar-refractivity contribution < 1.29 is 9.59 Å². The van der Waals surface area contributed by atoms with Crippen molar-refractivity contribution in [1.82, 2.24) is 5.43 Å². The van der Waals surface area contributed by atoms with E-state index >= 15 is 0 Å². The molecule has 2 N–H and O–H groups in total. The first-order valence-corrected chi connectivity index (χ1v) is 11.3. The third-order valence-electron chi connectivity index (χ3n) is 4.66. The summed E-state index contributed by atoms with van der Waals surface area (Å²) in [6.07, 6.45) is 8.83. The molecule has 0 aliphatic heterocycles. The van der Waals surface area contributed by atoms with Crippen LogP contribution in [0.5, 0.6) is 0 Å². The van der Waals surface area contributed by atoms with Crippen LogP contribution >= 0.6 is 11.3 Å². The fourth-order valence-corrected chi connectivity index (χ4v) is 3.52. The summed E-state index contributed by atoms with van der Waals surface area (Å²) < 4.78 is 0. The van der Waals surface area contributed by atoms with Crippen LogP contribution in [0.4, 0.5) is 5.69 Å². The van der Waals surface area contributed by atoms with E-state index in [2.05, 4.69) is 22.8 Å². The van der Waals surface area contributed by atoms with E-state index in [4.69, 9.17) is 0 Å². The Balaban J connectivity index is 1.72. The monoisotopic (exact) mass is 413 g/mol. The minimum atomic E-state index is -0.115. The third-order valence-corrected chi connectivity index (χ3v) is 5.53. The summed E-state index contributed by atoms with van der Waals surface area (Å²) in [6, 6.07) is 11.1. The SMILES string of the molecule is CCCCCCCCCC(=O)NN=C(C)c1ccc(NC(=O)c2cccs2)cc1. The van der Waals surface area contributed by atoms with Gasteiger partial charge in [-0.15, -0.1) is 11.3 Å². The average molecular weight is 414 g/mol. The molecular formula is C23H31N3O2S. The maximum Gasteiger partial charge on any atom is 0.265 e. The summed E-state index contributed by atoms with van der Waals surface area (Å²) in [5, 5.41) is 8.94. The van der Waals surface area contributed by atoms with Crippen LogP contribution in [0.1, 0.15) is 80.4 Å². The van der Waals surface area contributed by atoms with Crippen LogP contribution in [0.2, 0.25) is 0 Å². The Morgan fingerprint density at radius 2 is 1.66 bits per heavy atom. The van der Waals surface area contributed by atoms with Crippen molar-refractivity contribution in [2.24, 2.45) is 5.10 Å². The molecule has 0 aliphatic rings. The van der Waals surface area contributed by atoms with Crippen LogP contribution in [0.25, 0.3) is 0 Å². The van der Waals surface area contributed by atoms with Gasteiger partial charge in [-0.3, -0.25) is 9.59 Å². The molecule has 1 aromatic carbocycles. The fourth-order valence-electron chi connectivity index (χ4n) is 2.90. The number of benzene rings is 1. The minimum absolute atomic E-state index is 0.0438. The zero-order chi connectivity index (χ0) is 20.9. The smallest absolute Gasteiger partial charge is 0.265 e. The van der Waals surface area contributed by atoms with Gasteiger partial charge in [-0.25, -0.2) is 5.43 Å². The van der Waals surface area contributed by atoms with Crippen LogP contribution in [-0.4, -0.2) is 17.5 Å². The summed E-state index contributed by atoms with van der Waals surface area (Å²) in [7, 11) is 0. The lowest BCUT2D eigenvalue weighted by Crippen LogP contribution is -2.18. The number of hydrogen-bond donors (Lipinski definition) is 2. The van der Waals surface area contributed by atoms with Gasteiger partial charge in [0, 0.05) is 12.1 Å². The Morgan fingerprint density at radius 3 is 2.31 bits per heavy atom. The van der Waals surface area contributed by atoms with E-state index in [-0.39, 0.29) is 11.8 Å². The fraction of sp³-hybridized carbons (Fsp3) is 0.435. The molecule has 156 valence electrons. The van der Waals surface area contributed by atoms with E-state index in [9.17, 15) is 9.59 Å². The molecule has 0 aliphatic carbocycles. The lowest BCUT2D eigenvalue weighted by atomic mass is 10.1. The standard InChI is InChI=1S/C23H31N3O2S/c1-3-4-5-6-7-8-9-12-22(27)26-25-18(2)19-13-15-20(16-14-19)24-23(28)21-11-10-17-29-21/h10-11,13-17H,3-9,12H2,1-2H3,(H,24,28)(H,26,27). The predicted octanol–water partition coefficient (Wildman–Crippen LogP) is 5.98. The molecule has 0 radical (unpaired) electrons. The summed E-state index contributed by atoms with van der Waals surface area (Å²) in [6.45, 7) is 4.07. The van der Waals surface area contributed by atoms with Gasteiger partial charge >= 0.3 is 0 Å². The highest BCUT2D eigenvalue weighted by Gasteiger charge is 2.07. The Labute approximate surface area is 177 Å². The second kappa shape index (κ2) is 12.9. The van der Waals surface area contributed by atoms with Crippen LogP contribution in [0.15, 0.2) is 46.9 Å². The summed E-state index contributed by atoms with van der Waals surface area (Å²) in [5.41, 5.74) is 4.99. The van der Waals surface area contributed by atoms with Gasteiger partial charge < -0.3 is 5.32 Å². The molecular weight excluding hydrogens is 382 g/mol. The number of unbranched alkanes of at least 4 members (excludes halogenated alkanes) is 6. The van der Waals surface area contributed by atoms with E-state index in [0.717, 1.165) is 29.8 Å². The molecule has 0 atom stereocenters. The molecule has 0 unspecified atom stereocenters. The Morgan fingerprint density at radius 1 is 0.966 bits per heavy atom. The largest absolute Gasteiger partial charge is 0.321 e. The highest BCUT2D eigenvalue weighted by Crippen LogP contribution is 2.15. The van der Waals surface area contributed by atoms with Gasteiger partial charge in [0.15, 0.2) is 0 Å². The normalized spacial score (nSPS) is 11.3. The molecule has 0 saturated carbocycles. The zero-order valence-electron chi connectivity index (χ0n) is 17.4. The van der Waals surface area contributed by atoms with Crippen molar-refractivity contribution in [3.8, 4) is 0 Å². The van der Waals surface area contributed by atoms with Gasteiger partial charge in [0.05, 0.1) is 10.6 Å². The zero-order valence-corrected chi connectivity index (χ0v) is 18.2. The Kier molecular flexibility index (Phi) is 10.1. The average Bonchev–Trinajstić information content (AvgIpc) is 3.27. The molecule has 0 fully saturated rings. The topological polar surface area (TPSA) is 70.6 Å². The van der Waals surface area contributed by atoms with Gasteiger partial charge in [-0.1, -0.05) is 63.6 Å². The number of amides is 2. The Hall–Kier alpha value is -2.47. The molecule has 0 saturated heterocycles. The number of anilines is 1. The molecule has 0 spiro atoms. The number of carbonyl (C=O) groups excluding carboxylic acids is 2. The first kappa shape index (κ1) is 22.8. The first-order valence-electron chi connectivity index (χ1n) is 10.4. The molecule has 6 heteroatoms. The van der Waals surface area contributed by atoms with E-state index in [0.29, 0.717) is 11.3 Å². The van der Waals surface area contributed by atoms with Crippen molar-refractivity contribution in [2.45, 2.75) is 65.2 Å². The van der Waals surface area contributed by atoms with E-state index in [1.807, 2.05) is 42.6 Å². The molecule has 1 aromatic heterocycles. The number of nitrogens with zero attached hydrogens (tertiary/aromatic N) is 1. The van der Waals surface area contributed by atoms with Gasteiger partial charge in [-0.2, -0.15) is 5.10 Å². The molecule has 2 amide bonds. The molecule has 2 aromatic rings. The van der Waals surface area contributed by atoms with E-state index in [1.165, 1.54) is 43.4 Å². The van der Waals surface area contributed by atoms with E-state index in [1.54, 1.807) is 6.07 Å². The van der Waals surface area contributed by atoms with Crippen LogP contribution in [0.3, 0.4) is 0 Å². The van der Waals surface area contributed by atoms with Crippen LogP contribution < -0.4 is 10.7 Å². The summed E-state index contributed by atoms with van der Waals surface area (Å²) in [5.74, 6) is -0.159. The highest BCUT2D eigenvalue weighted by atomic mass is 32.1. The maximum atomic E-state index is 12.1. The maximum absolute atomic E-state index is 12.1. The van der Waals surface area contributed by atoms with Crippen LogP contribution in [0, 0.1) is 0 Å². The van der Waals surface area contributed by atoms with Crippen molar-refractivity contribution in [3.05, 3.63) is 52.2 Å². The number of hydrogen-bond acceptors (Lipinski definition) is 4. The van der Waals surface area contributed by atoms with Crippen molar-refractivity contribution in [2.75, 3.05) is 5.32 Å². The van der Waals surface area contributed by atoms with Crippen molar-refractivity contribution in [1.29, 1.82) is 0 Å². The second-order valence-electron chi connectivity index (χ2n) is 7.11. The summed E-state index contributed by atoms with van der Waals surface area (Å²) in [4.78, 5) is 24.7. The number of rotatable bonds is 12. The highest BCUT2D eigenvalue weighted by molar-refractivity contribution is 7.12. The second-order valence-corrected chi connectivity index (χ2v) is 8.06. The van der Waals surface area contributed by atoms with Gasteiger partial charge in [0.2, 0.25) is 5.91 Å². The third kappa shape index (κ3) is 8.60. The number of hydrazone groups is 1. The first-order chi connectivity index (χ1) is 14.1. The quantitative estimate of drug-likeness (QED) is 0.255. The minimum Gasteiger partial charge on any atom is -0.321 e. The molecule has 2 rings (SSSR count). The van der Waals surface area contributed by atoms with Gasteiger partial charge in [0.25, 0.3) is 5.91 Å². The van der Waals surface area contributed by atoms with Crippen molar-refractivity contribution >= 4 is 34.6 Å². The lowest BCUT2D eigenvalue weighted by Gasteiger charge is -2.06. The van der Waals surface area contributed by atoms with E-state index < -0.39 is 0 Å². The molecule has 5 nitrogen and oxygen atoms in total. The molecule has 0 bridgehead atoms. The number of carbonyl (C=O) groups is 2. The predicted molar refractivity (Wildman–Crippen MR) is 122 cm³/mol. The number of thiophene rings is 1. The molecule has 29 heavy (non-hydrogen) atoms. The lowest BCUT2D eigenvalue weighted by molar-refractivity contribution is -0.121. The summed E-state index contributed by atoms with van der Waals surface area (Å²) >= 11 is 1.41. The number of nitrogens with one attached hydrogen (secondary N) is 2. The van der Waals surface area contributed by atoms with Crippen LogP contribution in [-0.2, 0) is 4.79 Å². The Bertz CT molecular complexity index is 783. The van der Waals surface area contributed by atoms with Gasteiger partial charge in [-0.05, 0) is 42.5 Å². The van der Waals surface area contributed by atoms with Crippen molar-refractivity contribution in [3.63, 3.8) is 0 Å².